The SMILES string of the molecule is CC(N)CCC(=O)N1CCN(C(=O)CCCc2ccccc2)CC1.Cl. The first-order valence-electron chi connectivity index (χ1n) is 8.91. The number of nitrogens with zero attached hydrogens (tertiary/aromatic N) is 2. The Hall–Kier alpha value is -1.59. The molecule has 2 rings (SSSR count). The third-order valence-electron chi connectivity index (χ3n) is 4.50. The van der Waals surface area contributed by atoms with Crippen molar-refractivity contribution < 1.29 is 9.59 Å². The highest BCUT2D eigenvalue weighted by Crippen LogP contribution is 2.10. The quantitative estimate of drug-likeness (QED) is 0.803. The van der Waals surface area contributed by atoms with Crippen molar-refractivity contribution in [1.29, 1.82) is 0 Å². The summed E-state index contributed by atoms with van der Waals surface area (Å²) in [5, 5.41) is 0. The van der Waals surface area contributed by atoms with Crippen LogP contribution in [0.3, 0.4) is 0 Å². The molecule has 1 aliphatic rings. The number of hydrogen-bond donors (Lipinski definition) is 1. The molecule has 1 fully saturated rings. The first kappa shape index (κ1) is 21.5. The van der Waals surface area contributed by atoms with Gasteiger partial charge in [-0.05, 0) is 31.7 Å². The lowest BCUT2D eigenvalue weighted by molar-refractivity contribution is -0.139. The van der Waals surface area contributed by atoms with Crippen molar-refractivity contribution in [2.45, 2.75) is 45.1 Å². The van der Waals surface area contributed by atoms with E-state index < -0.39 is 0 Å². The second-order valence-corrected chi connectivity index (χ2v) is 6.62. The summed E-state index contributed by atoms with van der Waals surface area (Å²) in [5.41, 5.74) is 6.97. The van der Waals surface area contributed by atoms with E-state index in [4.69, 9.17) is 5.73 Å². The average molecular weight is 368 g/mol. The molecule has 1 saturated heterocycles. The standard InChI is InChI=1S/C19H29N3O2.ClH/c1-16(20)10-11-19(24)22-14-12-21(13-15-22)18(23)9-5-8-17-6-3-2-4-7-17;/h2-4,6-7,16H,5,8-15,20H2,1H3;1H. The Morgan fingerprint density at radius 3 is 2.04 bits per heavy atom. The van der Waals surface area contributed by atoms with Crippen molar-refractivity contribution >= 4 is 24.2 Å². The minimum absolute atomic E-state index is 0. The summed E-state index contributed by atoms with van der Waals surface area (Å²) in [6.45, 7) is 4.49. The highest BCUT2D eigenvalue weighted by Gasteiger charge is 2.23. The van der Waals surface area contributed by atoms with E-state index in [0.717, 1.165) is 19.3 Å². The monoisotopic (exact) mass is 367 g/mol. The Labute approximate surface area is 157 Å². The normalized spacial score (nSPS) is 15.4. The maximum absolute atomic E-state index is 12.3. The Morgan fingerprint density at radius 2 is 1.52 bits per heavy atom. The summed E-state index contributed by atoms with van der Waals surface area (Å²) in [4.78, 5) is 28.1. The van der Waals surface area contributed by atoms with Gasteiger partial charge < -0.3 is 15.5 Å². The molecule has 1 aromatic carbocycles. The summed E-state index contributed by atoms with van der Waals surface area (Å²) in [5.74, 6) is 0.358. The number of nitrogens with two attached hydrogens (primary N) is 1. The van der Waals surface area contributed by atoms with E-state index in [2.05, 4.69) is 12.1 Å². The Bertz CT molecular complexity index is 529. The highest BCUT2D eigenvalue weighted by atomic mass is 35.5. The van der Waals surface area contributed by atoms with Crippen molar-refractivity contribution in [3.63, 3.8) is 0 Å². The van der Waals surface area contributed by atoms with Crippen LogP contribution in [0, 0.1) is 0 Å². The van der Waals surface area contributed by atoms with E-state index in [1.54, 1.807) is 0 Å². The molecule has 140 valence electrons. The van der Waals surface area contributed by atoms with E-state index in [1.165, 1.54) is 5.56 Å². The van der Waals surface area contributed by atoms with Gasteiger partial charge in [0.2, 0.25) is 11.8 Å². The van der Waals surface area contributed by atoms with Crippen molar-refractivity contribution in [3.05, 3.63) is 35.9 Å². The molecule has 0 saturated carbocycles. The third kappa shape index (κ3) is 7.45. The zero-order chi connectivity index (χ0) is 17.4. The van der Waals surface area contributed by atoms with E-state index in [9.17, 15) is 9.59 Å². The number of amides is 2. The summed E-state index contributed by atoms with van der Waals surface area (Å²) in [7, 11) is 0. The maximum atomic E-state index is 12.3. The van der Waals surface area contributed by atoms with Gasteiger partial charge in [-0.3, -0.25) is 9.59 Å². The summed E-state index contributed by atoms with van der Waals surface area (Å²) in [6, 6.07) is 10.3. The van der Waals surface area contributed by atoms with Gasteiger partial charge in [0.15, 0.2) is 0 Å². The fourth-order valence-electron chi connectivity index (χ4n) is 2.96. The van der Waals surface area contributed by atoms with Crippen LogP contribution in [0.25, 0.3) is 0 Å². The van der Waals surface area contributed by atoms with Crippen molar-refractivity contribution in [1.82, 2.24) is 9.80 Å². The Kier molecular flexibility index (Phi) is 9.53. The second-order valence-electron chi connectivity index (χ2n) is 6.62. The van der Waals surface area contributed by atoms with E-state index in [0.29, 0.717) is 39.0 Å². The number of carbonyl (C=O) groups excluding carboxylic acids is 2. The van der Waals surface area contributed by atoms with Crippen LogP contribution in [0.2, 0.25) is 0 Å². The Balaban J connectivity index is 0.00000312. The lowest BCUT2D eigenvalue weighted by Crippen LogP contribution is -2.50. The minimum atomic E-state index is 0. The molecule has 0 radical (unpaired) electrons. The van der Waals surface area contributed by atoms with Gasteiger partial charge in [0.05, 0.1) is 0 Å². The molecule has 1 atom stereocenters. The largest absolute Gasteiger partial charge is 0.339 e. The van der Waals surface area contributed by atoms with E-state index in [1.807, 2.05) is 34.9 Å². The number of carbonyl (C=O) groups is 2. The first-order valence-corrected chi connectivity index (χ1v) is 8.91. The minimum Gasteiger partial charge on any atom is -0.339 e. The highest BCUT2D eigenvalue weighted by molar-refractivity contribution is 5.85. The predicted molar refractivity (Wildman–Crippen MR) is 103 cm³/mol. The van der Waals surface area contributed by atoms with Gasteiger partial charge in [-0.15, -0.1) is 12.4 Å². The van der Waals surface area contributed by atoms with Crippen LogP contribution in [0.4, 0.5) is 0 Å². The molecule has 1 aliphatic heterocycles. The summed E-state index contributed by atoms with van der Waals surface area (Å²) >= 11 is 0. The molecule has 0 aromatic heterocycles. The van der Waals surface area contributed by atoms with Crippen LogP contribution < -0.4 is 5.73 Å². The molecule has 25 heavy (non-hydrogen) atoms. The van der Waals surface area contributed by atoms with Gasteiger partial charge in [-0.2, -0.15) is 0 Å². The molecule has 0 aliphatic carbocycles. The molecule has 1 unspecified atom stereocenters. The maximum Gasteiger partial charge on any atom is 0.222 e. The van der Waals surface area contributed by atoms with E-state index >= 15 is 0 Å². The lowest BCUT2D eigenvalue weighted by atomic mass is 10.1. The molecule has 0 spiro atoms. The lowest BCUT2D eigenvalue weighted by Gasteiger charge is -2.35. The van der Waals surface area contributed by atoms with E-state index in [-0.39, 0.29) is 30.3 Å². The molecular weight excluding hydrogens is 338 g/mol. The zero-order valence-corrected chi connectivity index (χ0v) is 15.8. The third-order valence-corrected chi connectivity index (χ3v) is 4.50. The zero-order valence-electron chi connectivity index (χ0n) is 15.0. The predicted octanol–water partition coefficient (Wildman–Crippen LogP) is 2.23. The van der Waals surface area contributed by atoms with Gasteiger partial charge in [0, 0.05) is 45.1 Å². The van der Waals surface area contributed by atoms with Gasteiger partial charge >= 0.3 is 0 Å². The molecule has 5 nitrogen and oxygen atoms in total. The molecular formula is C19H30ClN3O2. The topological polar surface area (TPSA) is 66.6 Å². The first-order chi connectivity index (χ1) is 11.6. The van der Waals surface area contributed by atoms with Crippen LogP contribution >= 0.6 is 12.4 Å². The van der Waals surface area contributed by atoms with Crippen molar-refractivity contribution in [2.24, 2.45) is 5.73 Å². The number of benzene rings is 1. The second kappa shape index (κ2) is 11.1. The molecule has 2 amide bonds. The number of piperazine rings is 1. The molecule has 2 N–H and O–H groups in total. The van der Waals surface area contributed by atoms with Crippen LogP contribution in [0.1, 0.15) is 38.2 Å². The van der Waals surface area contributed by atoms with Crippen molar-refractivity contribution in [2.75, 3.05) is 26.2 Å². The van der Waals surface area contributed by atoms with Gasteiger partial charge in [0.1, 0.15) is 0 Å². The van der Waals surface area contributed by atoms with Crippen LogP contribution in [-0.2, 0) is 16.0 Å². The molecule has 6 heteroatoms. The van der Waals surface area contributed by atoms with Gasteiger partial charge in [-0.25, -0.2) is 0 Å². The molecule has 1 heterocycles. The smallest absolute Gasteiger partial charge is 0.222 e. The summed E-state index contributed by atoms with van der Waals surface area (Å²) in [6.07, 6.45) is 3.60. The van der Waals surface area contributed by atoms with Gasteiger partial charge in [0.25, 0.3) is 0 Å². The van der Waals surface area contributed by atoms with Crippen LogP contribution in [-0.4, -0.2) is 53.8 Å². The Morgan fingerprint density at radius 1 is 1.00 bits per heavy atom. The van der Waals surface area contributed by atoms with Crippen LogP contribution in [0.5, 0.6) is 0 Å². The summed E-state index contributed by atoms with van der Waals surface area (Å²) < 4.78 is 0. The average Bonchev–Trinajstić information content (AvgIpc) is 2.60. The van der Waals surface area contributed by atoms with Gasteiger partial charge in [-0.1, -0.05) is 30.3 Å². The molecule has 1 aromatic rings. The fraction of sp³-hybridized carbons (Fsp3) is 0.579. The number of hydrogen-bond acceptors (Lipinski definition) is 3. The number of aryl methyl sites for hydroxylation is 1. The number of rotatable bonds is 7. The van der Waals surface area contributed by atoms with Crippen molar-refractivity contribution in [3.8, 4) is 0 Å². The molecule has 0 bridgehead atoms. The fourth-order valence-corrected chi connectivity index (χ4v) is 2.96. The van der Waals surface area contributed by atoms with Crippen LogP contribution in [0.15, 0.2) is 30.3 Å². The number of halogens is 1.